The normalized spacial score (nSPS) is 19.1. The van der Waals surface area contributed by atoms with Crippen molar-refractivity contribution in [3.05, 3.63) is 102 Å². The number of benzene rings is 3. The molecular weight excluding hydrogens is 310 g/mol. The van der Waals surface area contributed by atoms with Crippen molar-refractivity contribution in [2.24, 2.45) is 0 Å². The lowest BCUT2D eigenvalue weighted by Gasteiger charge is -2.29. The molecule has 1 aliphatic rings. The van der Waals surface area contributed by atoms with Gasteiger partial charge in [0.2, 0.25) is 0 Å². The Morgan fingerprint density at radius 3 is 2.16 bits per heavy atom. The lowest BCUT2D eigenvalue weighted by Crippen LogP contribution is -2.41. The van der Waals surface area contributed by atoms with Gasteiger partial charge in [-0.1, -0.05) is 78.9 Å². The molecule has 3 nitrogen and oxygen atoms in total. The monoisotopic (exact) mass is 329 g/mol. The minimum absolute atomic E-state index is 0.0594. The van der Waals surface area contributed by atoms with Crippen molar-refractivity contribution < 1.29 is 9.53 Å². The molecule has 3 aromatic carbocycles. The van der Waals surface area contributed by atoms with Crippen LogP contribution >= 0.6 is 0 Å². The highest BCUT2D eigenvalue weighted by Crippen LogP contribution is 2.46. The fraction of sp³-hybridized carbons (Fsp3) is 0.136. The number of ether oxygens (including phenoxy) is 1. The van der Waals surface area contributed by atoms with Gasteiger partial charge in [-0.25, -0.2) is 0 Å². The Hall–Kier alpha value is -2.91. The van der Waals surface area contributed by atoms with Gasteiger partial charge in [-0.3, -0.25) is 4.79 Å². The lowest BCUT2D eigenvalue weighted by molar-refractivity contribution is -0.139. The van der Waals surface area contributed by atoms with Crippen LogP contribution < -0.4 is 4.90 Å². The average molecular weight is 329 g/mol. The van der Waals surface area contributed by atoms with Crippen LogP contribution in [0.3, 0.4) is 0 Å². The third kappa shape index (κ3) is 2.44. The Labute approximate surface area is 147 Å². The molecule has 1 atom stereocenters. The summed E-state index contributed by atoms with van der Waals surface area (Å²) in [5.41, 5.74) is 2.57. The second-order valence-corrected chi connectivity index (χ2v) is 6.20. The molecule has 0 saturated heterocycles. The number of likely N-dealkylation sites (N-methyl/N-ethyl adjacent to an activating group) is 1. The number of rotatable bonds is 4. The summed E-state index contributed by atoms with van der Waals surface area (Å²) in [5, 5.41) is 0. The van der Waals surface area contributed by atoms with E-state index in [1.807, 2.05) is 84.9 Å². The van der Waals surface area contributed by atoms with Crippen LogP contribution in [0.5, 0.6) is 0 Å². The number of anilines is 1. The van der Waals surface area contributed by atoms with Crippen molar-refractivity contribution in [1.29, 1.82) is 0 Å². The molecule has 0 saturated carbocycles. The zero-order chi connectivity index (χ0) is 17.3. The van der Waals surface area contributed by atoms with Crippen molar-refractivity contribution in [1.82, 2.24) is 0 Å². The molecule has 0 spiro atoms. The molecule has 0 bridgehead atoms. The Morgan fingerprint density at radius 1 is 0.840 bits per heavy atom. The summed E-state index contributed by atoms with van der Waals surface area (Å²) in [6, 6.07) is 27.5. The molecule has 1 aliphatic heterocycles. The van der Waals surface area contributed by atoms with E-state index in [0.29, 0.717) is 6.61 Å². The maximum absolute atomic E-state index is 13.3. The Balaban J connectivity index is 1.84. The second kappa shape index (κ2) is 6.19. The highest BCUT2D eigenvalue weighted by molar-refractivity contribution is 6.08. The summed E-state index contributed by atoms with van der Waals surface area (Å²) in [6.07, 6.45) is 0. The van der Waals surface area contributed by atoms with E-state index in [1.54, 1.807) is 11.9 Å². The number of carbonyl (C=O) groups is 1. The number of para-hydroxylation sites is 1. The fourth-order valence-electron chi connectivity index (χ4n) is 3.47. The molecule has 0 aliphatic carbocycles. The summed E-state index contributed by atoms with van der Waals surface area (Å²) in [5.74, 6) is -0.0594. The number of amides is 1. The highest BCUT2D eigenvalue weighted by atomic mass is 16.5. The summed E-state index contributed by atoms with van der Waals surface area (Å²) in [7, 11) is 1.80. The van der Waals surface area contributed by atoms with Gasteiger partial charge < -0.3 is 9.64 Å². The van der Waals surface area contributed by atoms with Crippen LogP contribution in [-0.2, 0) is 21.7 Å². The van der Waals surface area contributed by atoms with E-state index < -0.39 is 5.60 Å². The maximum atomic E-state index is 13.3. The van der Waals surface area contributed by atoms with Crippen molar-refractivity contribution in [3.8, 4) is 0 Å². The first kappa shape index (κ1) is 15.6. The Morgan fingerprint density at radius 2 is 1.44 bits per heavy atom. The minimum atomic E-state index is -1.11. The Kier molecular flexibility index (Phi) is 3.86. The molecule has 4 rings (SSSR count). The van der Waals surface area contributed by atoms with E-state index in [4.69, 9.17) is 4.74 Å². The molecule has 1 heterocycles. The van der Waals surface area contributed by atoms with Crippen LogP contribution in [0.4, 0.5) is 5.69 Å². The first-order chi connectivity index (χ1) is 12.2. The van der Waals surface area contributed by atoms with Crippen LogP contribution in [0.2, 0.25) is 0 Å². The second-order valence-electron chi connectivity index (χ2n) is 6.20. The van der Waals surface area contributed by atoms with Gasteiger partial charge in [-0.05, 0) is 17.2 Å². The van der Waals surface area contributed by atoms with E-state index in [9.17, 15) is 4.79 Å². The molecule has 0 aromatic heterocycles. The van der Waals surface area contributed by atoms with Crippen molar-refractivity contribution in [3.63, 3.8) is 0 Å². The highest BCUT2D eigenvalue weighted by Gasteiger charge is 2.52. The molecule has 0 N–H and O–H groups in total. The standard InChI is InChI=1S/C22H19NO2/c1-23-20-15-9-8-14-19(20)22(21(23)24,18-12-6-3-7-13-18)25-16-17-10-4-2-5-11-17/h2-15H,16H2,1H3. The van der Waals surface area contributed by atoms with Crippen LogP contribution in [-0.4, -0.2) is 13.0 Å². The predicted molar refractivity (Wildman–Crippen MR) is 98.3 cm³/mol. The van der Waals surface area contributed by atoms with Crippen molar-refractivity contribution in [2.45, 2.75) is 12.2 Å². The smallest absolute Gasteiger partial charge is 0.268 e. The summed E-state index contributed by atoms with van der Waals surface area (Å²) in [4.78, 5) is 15.0. The number of hydrogen-bond donors (Lipinski definition) is 0. The molecule has 1 amide bonds. The van der Waals surface area contributed by atoms with Gasteiger partial charge >= 0.3 is 0 Å². The van der Waals surface area contributed by atoms with Gasteiger partial charge in [0.25, 0.3) is 5.91 Å². The lowest BCUT2D eigenvalue weighted by atomic mass is 9.87. The molecule has 124 valence electrons. The molecule has 3 aromatic rings. The zero-order valence-electron chi connectivity index (χ0n) is 14.1. The van der Waals surface area contributed by atoms with Gasteiger partial charge in [-0.15, -0.1) is 0 Å². The molecule has 1 unspecified atom stereocenters. The van der Waals surface area contributed by atoms with E-state index in [-0.39, 0.29) is 5.91 Å². The first-order valence-electron chi connectivity index (χ1n) is 8.34. The predicted octanol–water partition coefficient (Wildman–Crippen LogP) is 4.12. The summed E-state index contributed by atoms with van der Waals surface area (Å²) < 4.78 is 6.38. The van der Waals surface area contributed by atoms with Crippen LogP contribution in [0, 0.1) is 0 Å². The number of nitrogens with zero attached hydrogens (tertiary/aromatic N) is 1. The molecule has 0 fully saturated rings. The number of carbonyl (C=O) groups excluding carboxylic acids is 1. The SMILES string of the molecule is CN1C(=O)C(OCc2ccccc2)(c2ccccc2)c2ccccc21. The quantitative estimate of drug-likeness (QED) is 0.720. The van der Waals surface area contributed by atoms with E-state index in [2.05, 4.69) is 0 Å². The third-order valence-corrected chi connectivity index (χ3v) is 4.73. The van der Waals surface area contributed by atoms with Gasteiger partial charge in [0.05, 0.1) is 12.3 Å². The van der Waals surface area contributed by atoms with Gasteiger partial charge in [0, 0.05) is 12.6 Å². The number of hydrogen-bond acceptors (Lipinski definition) is 2. The third-order valence-electron chi connectivity index (χ3n) is 4.73. The van der Waals surface area contributed by atoms with Crippen molar-refractivity contribution in [2.75, 3.05) is 11.9 Å². The summed E-state index contributed by atoms with van der Waals surface area (Å²) >= 11 is 0. The van der Waals surface area contributed by atoms with E-state index >= 15 is 0 Å². The van der Waals surface area contributed by atoms with Crippen LogP contribution in [0.1, 0.15) is 16.7 Å². The van der Waals surface area contributed by atoms with Crippen molar-refractivity contribution >= 4 is 11.6 Å². The van der Waals surface area contributed by atoms with E-state index in [0.717, 1.165) is 22.4 Å². The van der Waals surface area contributed by atoms with Gasteiger partial charge in [0.15, 0.2) is 5.60 Å². The van der Waals surface area contributed by atoms with Crippen LogP contribution in [0.25, 0.3) is 0 Å². The van der Waals surface area contributed by atoms with Gasteiger partial charge in [0.1, 0.15) is 0 Å². The molecule has 3 heteroatoms. The van der Waals surface area contributed by atoms with E-state index in [1.165, 1.54) is 0 Å². The number of fused-ring (bicyclic) bond motifs is 1. The fourth-order valence-corrected chi connectivity index (χ4v) is 3.47. The largest absolute Gasteiger partial charge is 0.351 e. The average Bonchev–Trinajstić information content (AvgIpc) is 2.90. The molecule has 0 radical (unpaired) electrons. The van der Waals surface area contributed by atoms with Gasteiger partial charge in [-0.2, -0.15) is 0 Å². The zero-order valence-corrected chi connectivity index (χ0v) is 14.1. The maximum Gasteiger partial charge on any atom is 0.268 e. The van der Waals surface area contributed by atoms with Crippen LogP contribution in [0.15, 0.2) is 84.9 Å². The Bertz CT molecular complexity index is 892. The molecule has 25 heavy (non-hydrogen) atoms. The topological polar surface area (TPSA) is 29.5 Å². The minimum Gasteiger partial charge on any atom is -0.351 e. The molecular formula is C22H19NO2. The first-order valence-corrected chi connectivity index (χ1v) is 8.34. The summed E-state index contributed by atoms with van der Waals surface area (Å²) in [6.45, 7) is 0.365.